The number of nitrogens with zero attached hydrogens (tertiary/aromatic N) is 1. The minimum atomic E-state index is -4.55. The summed E-state index contributed by atoms with van der Waals surface area (Å²) in [6.07, 6.45) is 60.5. The lowest BCUT2D eigenvalue weighted by Gasteiger charge is -2.30. The Morgan fingerprint density at radius 2 is 0.968 bits per heavy atom. The molecule has 3 atom stereocenters. The van der Waals surface area contributed by atoms with Gasteiger partial charge in [0.1, 0.15) is 13.2 Å². The smallest absolute Gasteiger partial charge is 0.268 e. The number of aliphatic hydroxyl groups excluding tert-OH is 1. The number of unbranched alkanes of at least 4 members (excludes halogenated alkanes) is 24. The number of rotatable bonds is 47. The number of allylic oxidation sites excluding steroid dienone is 10. The standard InChI is InChI=1S/C54H101N2O6P/c1-6-8-10-12-13-14-15-16-17-18-19-20-21-22-23-24-25-26-27-28-29-30-31-32-33-34-35-36-37-38-39-40-41-42-43-44-46-48-54(58)55-52(53(57)47-45-11-9-7-2)51-62-63(59,60)61-50-49-56(3,4)5/h8,10,13-14,16-17,19-20,22-23,52-53,57H,6-7,9,11-12,15,18,21,24-51H2,1-5H3,(H-,55,58,59,60)/b10-8-,14-13-,17-16-,20-19-,23-22-. The Kier molecular flexibility index (Phi) is 44.1. The van der Waals surface area contributed by atoms with Gasteiger partial charge in [-0.1, -0.05) is 222 Å². The molecule has 0 aliphatic heterocycles. The number of amides is 1. The van der Waals surface area contributed by atoms with E-state index >= 15 is 0 Å². The number of hydrogen-bond acceptors (Lipinski definition) is 6. The predicted molar refractivity (Wildman–Crippen MR) is 270 cm³/mol. The van der Waals surface area contributed by atoms with Crippen LogP contribution in [0.2, 0.25) is 0 Å². The van der Waals surface area contributed by atoms with Crippen LogP contribution in [-0.4, -0.2) is 68.5 Å². The van der Waals surface area contributed by atoms with E-state index in [9.17, 15) is 19.4 Å². The van der Waals surface area contributed by atoms with Crippen molar-refractivity contribution in [3.8, 4) is 0 Å². The first-order valence-corrected chi connectivity index (χ1v) is 27.6. The molecule has 0 aromatic heterocycles. The number of aliphatic hydroxyl groups is 1. The number of carbonyl (C=O) groups excluding carboxylic acids is 1. The van der Waals surface area contributed by atoms with E-state index in [2.05, 4.69) is 79.9 Å². The van der Waals surface area contributed by atoms with E-state index in [0.717, 1.165) is 77.0 Å². The lowest BCUT2D eigenvalue weighted by Crippen LogP contribution is -2.46. The average Bonchev–Trinajstić information content (AvgIpc) is 3.24. The molecule has 0 heterocycles. The zero-order valence-corrected chi connectivity index (χ0v) is 42.7. The lowest BCUT2D eigenvalue weighted by molar-refractivity contribution is -0.870. The van der Waals surface area contributed by atoms with E-state index < -0.39 is 20.0 Å². The van der Waals surface area contributed by atoms with Gasteiger partial charge in [0.05, 0.1) is 39.9 Å². The largest absolute Gasteiger partial charge is 0.756 e. The molecule has 368 valence electrons. The fraction of sp³-hybridized carbons (Fsp3) is 0.796. The third-order valence-corrected chi connectivity index (χ3v) is 12.5. The molecule has 63 heavy (non-hydrogen) atoms. The highest BCUT2D eigenvalue weighted by Crippen LogP contribution is 2.38. The summed E-state index contributed by atoms with van der Waals surface area (Å²) in [6.45, 7) is 4.48. The molecule has 0 saturated heterocycles. The summed E-state index contributed by atoms with van der Waals surface area (Å²) < 4.78 is 23.0. The van der Waals surface area contributed by atoms with Gasteiger partial charge in [-0.3, -0.25) is 9.36 Å². The maximum atomic E-state index is 12.8. The molecule has 8 nitrogen and oxygen atoms in total. The molecule has 0 aliphatic rings. The van der Waals surface area contributed by atoms with Crippen LogP contribution in [0.25, 0.3) is 0 Å². The van der Waals surface area contributed by atoms with Gasteiger partial charge in [0.25, 0.3) is 7.82 Å². The van der Waals surface area contributed by atoms with Crippen molar-refractivity contribution in [2.24, 2.45) is 0 Å². The SMILES string of the molecule is CC/C=C\C/C=C\C/C=C\C/C=C\C/C=C\CCCCCCCCCCCCCCCCCCCCCCCC(=O)NC(COP(=O)([O-])OCC[N+](C)(C)C)C(O)CCCCCC. The van der Waals surface area contributed by atoms with Crippen LogP contribution in [0.15, 0.2) is 60.8 Å². The Balaban J connectivity index is 3.71. The molecule has 3 unspecified atom stereocenters. The summed E-state index contributed by atoms with van der Waals surface area (Å²) in [5, 5.41) is 13.7. The second-order valence-electron chi connectivity index (χ2n) is 18.9. The van der Waals surface area contributed by atoms with Gasteiger partial charge in [-0.15, -0.1) is 0 Å². The van der Waals surface area contributed by atoms with Crippen molar-refractivity contribution < 1.29 is 32.9 Å². The zero-order valence-electron chi connectivity index (χ0n) is 41.8. The lowest BCUT2D eigenvalue weighted by atomic mass is 10.0. The summed E-state index contributed by atoms with van der Waals surface area (Å²) in [6, 6.07) is -0.795. The molecule has 0 spiro atoms. The summed E-state index contributed by atoms with van der Waals surface area (Å²) in [5.74, 6) is -0.173. The summed E-state index contributed by atoms with van der Waals surface area (Å²) in [5.41, 5.74) is 0. The van der Waals surface area contributed by atoms with Crippen LogP contribution in [0.3, 0.4) is 0 Å². The molecular weight excluding hydrogens is 804 g/mol. The number of likely N-dealkylation sites (N-methyl/N-ethyl adjacent to an activating group) is 1. The molecule has 0 rings (SSSR count). The van der Waals surface area contributed by atoms with Gasteiger partial charge in [-0.25, -0.2) is 0 Å². The highest BCUT2D eigenvalue weighted by atomic mass is 31.2. The predicted octanol–water partition coefficient (Wildman–Crippen LogP) is 14.7. The molecule has 0 aromatic rings. The minimum Gasteiger partial charge on any atom is -0.756 e. The number of hydrogen-bond donors (Lipinski definition) is 2. The van der Waals surface area contributed by atoms with Crippen molar-refractivity contribution in [2.45, 2.75) is 238 Å². The molecule has 2 N–H and O–H groups in total. The second-order valence-corrected chi connectivity index (χ2v) is 20.3. The molecule has 0 saturated carbocycles. The number of phosphoric acid groups is 1. The third kappa shape index (κ3) is 48.0. The van der Waals surface area contributed by atoms with Crippen molar-refractivity contribution in [1.29, 1.82) is 0 Å². The van der Waals surface area contributed by atoms with Crippen LogP contribution in [0.5, 0.6) is 0 Å². The van der Waals surface area contributed by atoms with E-state index in [1.807, 2.05) is 21.1 Å². The van der Waals surface area contributed by atoms with Gasteiger partial charge in [-0.2, -0.15) is 0 Å². The fourth-order valence-electron chi connectivity index (χ4n) is 7.42. The number of phosphoric ester groups is 1. The van der Waals surface area contributed by atoms with Gasteiger partial charge in [0.15, 0.2) is 0 Å². The molecule has 0 aliphatic carbocycles. The zero-order chi connectivity index (χ0) is 46.4. The van der Waals surface area contributed by atoms with E-state index in [-0.39, 0.29) is 19.1 Å². The van der Waals surface area contributed by atoms with Crippen LogP contribution in [0.4, 0.5) is 0 Å². The van der Waals surface area contributed by atoms with Gasteiger partial charge in [0, 0.05) is 6.42 Å². The third-order valence-electron chi connectivity index (χ3n) is 11.5. The van der Waals surface area contributed by atoms with Crippen molar-refractivity contribution >= 4 is 13.7 Å². The molecule has 0 radical (unpaired) electrons. The average molecular weight is 905 g/mol. The number of nitrogens with one attached hydrogen (secondary N) is 1. The van der Waals surface area contributed by atoms with Crippen molar-refractivity contribution in [3.05, 3.63) is 60.8 Å². The maximum Gasteiger partial charge on any atom is 0.268 e. The Bertz CT molecular complexity index is 1210. The van der Waals surface area contributed by atoms with Gasteiger partial charge >= 0.3 is 0 Å². The minimum absolute atomic E-state index is 0.0110. The van der Waals surface area contributed by atoms with Gasteiger partial charge in [-0.05, 0) is 57.8 Å². The van der Waals surface area contributed by atoms with E-state index in [1.54, 1.807) is 0 Å². The molecule has 1 amide bonds. The van der Waals surface area contributed by atoms with Crippen LogP contribution in [0, 0.1) is 0 Å². The van der Waals surface area contributed by atoms with Crippen LogP contribution >= 0.6 is 7.82 Å². The number of quaternary nitrogens is 1. The maximum absolute atomic E-state index is 12.8. The Morgan fingerprint density at radius 3 is 1.40 bits per heavy atom. The van der Waals surface area contributed by atoms with Gasteiger partial charge in [0.2, 0.25) is 5.91 Å². The fourth-order valence-corrected chi connectivity index (χ4v) is 8.14. The molecular formula is C54H101N2O6P. The molecule has 0 bridgehead atoms. The van der Waals surface area contributed by atoms with Crippen molar-refractivity contribution in [2.75, 3.05) is 40.9 Å². The van der Waals surface area contributed by atoms with Crippen LogP contribution in [0.1, 0.15) is 226 Å². The summed E-state index contributed by atoms with van der Waals surface area (Å²) in [4.78, 5) is 25.1. The quantitative estimate of drug-likeness (QED) is 0.0273. The van der Waals surface area contributed by atoms with E-state index in [1.165, 1.54) is 122 Å². The Morgan fingerprint density at radius 1 is 0.571 bits per heavy atom. The summed E-state index contributed by atoms with van der Waals surface area (Å²) in [7, 11) is 1.30. The van der Waals surface area contributed by atoms with Crippen LogP contribution in [-0.2, 0) is 18.4 Å². The normalized spacial score (nSPS) is 14.6. The number of carbonyl (C=O) groups is 1. The van der Waals surface area contributed by atoms with E-state index in [0.29, 0.717) is 23.9 Å². The van der Waals surface area contributed by atoms with Crippen LogP contribution < -0.4 is 10.2 Å². The molecule has 9 heteroatoms. The first-order valence-electron chi connectivity index (χ1n) is 26.1. The highest BCUT2D eigenvalue weighted by Gasteiger charge is 2.24. The second kappa shape index (κ2) is 45.4. The van der Waals surface area contributed by atoms with Gasteiger partial charge < -0.3 is 28.8 Å². The Labute approximate surface area is 390 Å². The van der Waals surface area contributed by atoms with Crippen molar-refractivity contribution in [3.63, 3.8) is 0 Å². The topological polar surface area (TPSA) is 108 Å². The molecule has 0 fully saturated rings. The Hall–Kier alpha value is -1.80. The highest BCUT2D eigenvalue weighted by molar-refractivity contribution is 7.45. The first kappa shape index (κ1) is 61.2. The van der Waals surface area contributed by atoms with Crippen molar-refractivity contribution in [1.82, 2.24) is 5.32 Å². The monoisotopic (exact) mass is 905 g/mol. The first-order chi connectivity index (χ1) is 30.5. The molecule has 0 aromatic carbocycles. The van der Waals surface area contributed by atoms with E-state index in [4.69, 9.17) is 9.05 Å². The summed E-state index contributed by atoms with van der Waals surface area (Å²) >= 11 is 0.